The molecule has 4 rings (SSSR count). The van der Waals surface area contributed by atoms with E-state index < -0.39 is 40.3 Å². The number of benzene rings is 2. The van der Waals surface area contributed by atoms with Crippen LogP contribution in [0.3, 0.4) is 0 Å². The molecule has 258 valence electrons. The van der Waals surface area contributed by atoms with Gasteiger partial charge in [0.25, 0.3) is 0 Å². The summed E-state index contributed by atoms with van der Waals surface area (Å²) < 4.78 is 95.3. The van der Waals surface area contributed by atoms with Crippen molar-refractivity contribution in [3.63, 3.8) is 0 Å². The minimum atomic E-state index is -6.15. The topological polar surface area (TPSA) is 214 Å². The number of aromatic nitrogens is 2. The fraction of sp³-hybridized carbons (Fsp3) is 0.259. The Morgan fingerprint density at radius 1 is 0.812 bits per heavy atom. The number of carboxylic acid groups (broad SMARTS) is 2. The van der Waals surface area contributed by atoms with Crippen molar-refractivity contribution in [2.45, 2.75) is 32.5 Å². The zero-order valence-electron chi connectivity index (χ0n) is 26.1. The maximum atomic E-state index is 11.3. The summed E-state index contributed by atoms with van der Waals surface area (Å²) in [6.45, 7) is 2.92. The molecule has 0 atom stereocenters. The summed E-state index contributed by atoms with van der Waals surface area (Å²) in [4.78, 5) is 30.4. The minimum absolute atomic E-state index is 0. The molecule has 2 aromatic carbocycles. The number of nitrogens with zero attached hydrogens (tertiary/aromatic N) is 2. The molecule has 0 unspecified atom stereocenters. The van der Waals surface area contributed by atoms with E-state index in [1.165, 1.54) is 25.1 Å². The average molecular weight is 723 g/mol. The second-order valence-electron chi connectivity index (χ2n) is 9.04. The predicted octanol–water partition coefficient (Wildman–Crippen LogP) is 2.53. The molecule has 0 saturated carbocycles. The Morgan fingerprint density at radius 2 is 1.25 bits per heavy atom. The van der Waals surface area contributed by atoms with Gasteiger partial charge < -0.3 is 31.7 Å². The maximum absolute atomic E-state index is 11.3. The molecule has 0 aliphatic heterocycles. The van der Waals surface area contributed by atoms with E-state index in [-0.39, 0.29) is 70.4 Å². The number of halogens is 6. The van der Waals surface area contributed by atoms with Crippen LogP contribution in [0.5, 0.6) is 23.0 Å². The number of pyridine rings is 2. The molecule has 21 heteroatoms. The van der Waals surface area contributed by atoms with E-state index in [1.54, 1.807) is 25.1 Å². The number of aryl methyl sites for hydroxylation is 2. The summed E-state index contributed by atoms with van der Waals surface area (Å²) in [6, 6.07) is 9.17. The van der Waals surface area contributed by atoms with Crippen LogP contribution in [-0.2, 0) is 14.3 Å². The number of phenolic OH excluding ortho intramolecular Hbond substituents is 1. The summed E-state index contributed by atoms with van der Waals surface area (Å²) in [5.41, 5.74) is -4.73. The van der Waals surface area contributed by atoms with Crippen LogP contribution in [-0.4, -0.2) is 80.8 Å². The van der Waals surface area contributed by atoms with Gasteiger partial charge >= 0.3 is 63.3 Å². The van der Waals surface area contributed by atoms with Gasteiger partial charge in [-0.3, -0.25) is 4.18 Å². The Morgan fingerprint density at radius 3 is 1.65 bits per heavy atom. The van der Waals surface area contributed by atoms with E-state index in [4.69, 9.17) is 9.84 Å². The Hall–Kier alpha value is -4.11. The number of aromatic hydroxyl groups is 3. The van der Waals surface area contributed by atoms with Crippen LogP contribution < -0.4 is 34.3 Å². The molecule has 5 N–H and O–H groups in total. The van der Waals surface area contributed by atoms with Crippen LogP contribution in [0.1, 0.15) is 40.5 Å². The van der Waals surface area contributed by atoms with Crippen LogP contribution in [0.4, 0.5) is 26.3 Å². The van der Waals surface area contributed by atoms with E-state index in [0.29, 0.717) is 34.5 Å². The standard InChI is InChI=1S/C13H13NO4.C11H9NO4.C3H2F6O3S.Na.H/c1-3-18-8-4-5-10-9(6-8)11(13(16)17)12(15)7(2)14-10;1-5-10(14)9(11(15)16)7-4-6(13)2-3-8(7)12-5;4-2(5,6)1-12-13(10,11)3(7,8)9;;/h4-6,15H,3H2,1-2H3,(H,16,17);2-4,13-14H,1H3,(H,15,16);1H2;;/q;;;+1;-1. The first-order valence-corrected chi connectivity index (χ1v) is 14.0. The zero-order chi connectivity index (χ0) is 36.1. The number of carboxylic acids is 2. The van der Waals surface area contributed by atoms with Gasteiger partial charge in [0, 0.05) is 10.8 Å². The van der Waals surface area contributed by atoms with Crippen molar-refractivity contribution in [2.24, 2.45) is 0 Å². The molecule has 0 radical (unpaired) electrons. The van der Waals surface area contributed by atoms with Gasteiger partial charge in [0.15, 0.2) is 18.1 Å². The van der Waals surface area contributed by atoms with Crippen LogP contribution in [0.2, 0.25) is 0 Å². The molecule has 13 nitrogen and oxygen atoms in total. The number of carbonyl (C=O) groups is 2. The van der Waals surface area contributed by atoms with E-state index in [0.717, 1.165) is 0 Å². The third kappa shape index (κ3) is 10.7. The Bertz CT molecular complexity index is 1930. The van der Waals surface area contributed by atoms with Crippen molar-refractivity contribution >= 4 is 43.9 Å². The van der Waals surface area contributed by atoms with Gasteiger partial charge in [0.2, 0.25) is 0 Å². The van der Waals surface area contributed by atoms with Crippen LogP contribution in [0.15, 0.2) is 36.4 Å². The zero-order valence-corrected chi connectivity index (χ0v) is 28.0. The second-order valence-corrected chi connectivity index (χ2v) is 10.6. The van der Waals surface area contributed by atoms with Gasteiger partial charge in [-0.2, -0.15) is 34.8 Å². The first-order valence-electron chi connectivity index (χ1n) is 12.6. The Balaban J connectivity index is 0.000000701. The van der Waals surface area contributed by atoms with Crippen molar-refractivity contribution in [1.82, 2.24) is 9.97 Å². The molecule has 0 fully saturated rings. The monoisotopic (exact) mass is 722 g/mol. The molecular weight excluding hydrogens is 697 g/mol. The van der Waals surface area contributed by atoms with Crippen LogP contribution >= 0.6 is 0 Å². The van der Waals surface area contributed by atoms with Crippen molar-refractivity contribution < 1.29 is 110 Å². The number of hydrogen-bond donors (Lipinski definition) is 5. The predicted molar refractivity (Wildman–Crippen MR) is 151 cm³/mol. The quantitative estimate of drug-likeness (QED) is 0.0839. The fourth-order valence-electron chi connectivity index (χ4n) is 3.62. The fourth-order valence-corrected chi connectivity index (χ4v) is 4.04. The number of phenols is 1. The molecule has 2 heterocycles. The van der Waals surface area contributed by atoms with Gasteiger partial charge in [0.05, 0.1) is 29.0 Å². The third-order valence-corrected chi connectivity index (χ3v) is 6.62. The Kier molecular flexibility index (Phi) is 14.3. The third-order valence-electron chi connectivity index (χ3n) is 5.62. The normalized spacial score (nSPS) is 11.4. The molecule has 0 bridgehead atoms. The minimum Gasteiger partial charge on any atom is -1.00 e. The Labute approximate surface area is 290 Å². The van der Waals surface area contributed by atoms with E-state index in [9.17, 15) is 64.8 Å². The van der Waals surface area contributed by atoms with Crippen molar-refractivity contribution in [3.05, 3.63) is 58.9 Å². The molecule has 0 aliphatic rings. The first-order chi connectivity index (χ1) is 21.5. The van der Waals surface area contributed by atoms with Crippen LogP contribution in [0, 0.1) is 13.8 Å². The average Bonchev–Trinajstić information content (AvgIpc) is 2.93. The number of aromatic carboxylic acids is 2. The first kappa shape index (κ1) is 41.9. The number of fused-ring (bicyclic) bond motifs is 2. The molecular formula is C27H25F6N2NaO11S. The van der Waals surface area contributed by atoms with Gasteiger partial charge in [-0.05, 0) is 57.2 Å². The van der Waals surface area contributed by atoms with Gasteiger partial charge in [0.1, 0.15) is 22.6 Å². The molecule has 0 amide bonds. The molecule has 48 heavy (non-hydrogen) atoms. The summed E-state index contributed by atoms with van der Waals surface area (Å²) in [6.07, 6.45) is -5.13. The molecule has 2 aromatic heterocycles. The SMILES string of the molecule is CCOc1ccc2nc(C)c(O)c(C(=O)O)c2c1.Cc1nc2ccc(O)cc2c(C(=O)O)c1O.O=S(=O)(OCC(F)(F)F)C(F)(F)F.[H-].[Na+]. The molecule has 0 aliphatic carbocycles. The maximum Gasteiger partial charge on any atom is 1.00 e. The number of rotatable bonds is 6. The van der Waals surface area contributed by atoms with E-state index in [2.05, 4.69) is 14.2 Å². The number of alkyl halides is 6. The van der Waals surface area contributed by atoms with E-state index in [1.807, 2.05) is 6.92 Å². The second kappa shape index (κ2) is 16.3. The van der Waals surface area contributed by atoms with Crippen molar-refractivity contribution in [3.8, 4) is 23.0 Å². The number of hydrogen-bond acceptors (Lipinski definition) is 11. The van der Waals surface area contributed by atoms with Gasteiger partial charge in [-0.1, -0.05) is 0 Å². The largest absolute Gasteiger partial charge is 1.00 e. The molecule has 0 saturated heterocycles. The smallest absolute Gasteiger partial charge is 1.00 e. The van der Waals surface area contributed by atoms with Gasteiger partial charge in [-0.15, -0.1) is 0 Å². The van der Waals surface area contributed by atoms with Crippen LogP contribution in [0.25, 0.3) is 21.8 Å². The van der Waals surface area contributed by atoms with Crippen molar-refractivity contribution in [1.29, 1.82) is 0 Å². The van der Waals surface area contributed by atoms with Gasteiger partial charge in [-0.25, -0.2) is 19.6 Å². The molecule has 0 spiro atoms. The number of ether oxygens (including phenoxy) is 1. The molecule has 4 aromatic rings. The summed E-state index contributed by atoms with van der Waals surface area (Å²) in [5, 5.41) is 47.5. The summed E-state index contributed by atoms with van der Waals surface area (Å²) >= 11 is 0. The van der Waals surface area contributed by atoms with E-state index >= 15 is 0 Å². The summed E-state index contributed by atoms with van der Waals surface area (Å²) in [5.74, 6) is -2.62. The van der Waals surface area contributed by atoms with Crippen molar-refractivity contribution in [2.75, 3.05) is 13.2 Å². The summed E-state index contributed by atoms with van der Waals surface area (Å²) in [7, 11) is -6.15.